The standard InChI is InChI=1S/C20H24N2O4/c1-14(2)12-26-20(24)22-18-6-4-5-17(11-18)21-19(23)16-9-7-15(8-10-16)13-25-3/h4-11,14H,12-13H2,1-3H3,(H,21,23)(H,22,24). The number of carbonyl (C=O) groups excluding carboxylic acids is 2. The lowest BCUT2D eigenvalue weighted by atomic mass is 10.1. The summed E-state index contributed by atoms with van der Waals surface area (Å²) in [4.78, 5) is 24.1. The molecular formula is C20H24N2O4. The van der Waals surface area contributed by atoms with Crippen LogP contribution in [-0.4, -0.2) is 25.7 Å². The largest absolute Gasteiger partial charge is 0.449 e. The average molecular weight is 356 g/mol. The van der Waals surface area contributed by atoms with Crippen LogP contribution >= 0.6 is 0 Å². The molecule has 0 aliphatic rings. The minimum atomic E-state index is -0.518. The number of hydrogen-bond acceptors (Lipinski definition) is 4. The molecule has 2 rings (SSSR count). The summed E-state index contributed by atoms with van der Waals surface area (Å²) in [6.07, 6.45) is -0.518. The zero-order chi connectivity index (χ0) is 18.9. The Kier molecular flexibility index (Phi) is 7.17. The molecule has 26 heavy (non-hydrogen) atoms. The molecule has 0 aliphatic carbocycles. The molecule has 2 N–H and O–H groups in total. The van der Waals surface area contributed by atoms with E-state index in [1.807, 2.05) is 26.0 Å². The van der Waals surface area contributed by atoms with Crippen molar-refractivity contribution in [3.05, 3.63) is 59.7 Å². The van der Waals surface area contributed by atoms with Gasteiger partial charge in [0.2, 0.25) is 0 Å². The van der Waals surface area contributed by atoms with Gasteiger partial charge in [0.25, 0.3) is 5.91 Å². The molecule has 6 heteroatoms. The van der Waals surface area contributed by atoms with Gasteiger partial charge in [-0.25, -0.2) is 4.79 Å². The first-order valence-electron chi connectivity index (χ1n) is 8.41. The van der Waals surface area contributed by atoms with Crippen molar-refractivity contribution < 1.29 is 19.1 Å². The number of rotatable bonds is 7. The Labute approximate surface area is 153 Å². The lowest BCUT2D eigenvalue weighted by molar-refractivity contribution is 0.102. The monoisotopic (exact) mass is 356 g/mol. The molecule has 0 unspecified atom stereocenters. The van der Waals surface area contributed by atoms with Crippen molar-refractivity contribution in [2.45, 2.75) is 20.5 Å². The van der Waals surface area contributed by atoms with Crippen molar-refractivity contribution in [1.82, 2.24) is 0 Å². The number of carbonyl (C=O) groups is 2. The Morgan fingerprint density at radius 1 is 1.00 bits per heavy atom. The van der Waals surface area contributed by atoms with Gasteiger partial charge in [0, 0.05) is 24.0 Å². The summed E-state index contributed by atoms with van der Waals surface area (Å²) in [5.74, 6) is 0.0372. The van der Waals surface area contributed by atoms with Gasteiger partial charge in [-0.15, -0.1) is 0 Å². The van der Waals surface area contributed by atoms with E-state index in [9.17, 15) is 9.59 Å². The van der Waals surface area contributed by atoms with Crippen molar-refractivity contribution in [2.24, 2.45) is 5.92 Å². The molecule has 0 heterocycles. The molecule has 2 aromatic rings. The highest BCUT2D eigenvalue weighted by molar-refractivity contribution is 6.04. The smallest absolute Gasteiger partial charge is 0.411 e. The fourth-order valence-electron chi connectivity index (χ4n) is 2.19. The molecule has 6 nitrogen and oxygen atoms in total. The van der Waals surface area contributed by atoms with E-state index in [0.717, 1.165) is 5.56 Å². The SMILES string of the molecule is COCc1ccc(C(=O)Nc2cccc(NC(=O)OCC(C)C)c2)cc1. The maximum atomic E-state index is 12.3. The van der Waals surface area contributed by atoms with E-state index >= 15 is 0 Å². The van der Waals surface area contributed by atoms with Crippen molar-refractivity contribution >= 4 is 23.4 Å². The third-order valence-electron chi connectivity index (χ3n) is 3.44. The number of benzene rings is 2. The van der Waals surface area contributed by atoms with E-state index in [1.165, 1.54) is 0 Å². The molecule has 0 atom stereocenters. The summed E-state index contributed by atoms with van der Waals surface area (Å²) in [6, 6.07) is 14.1. The molecule has 0 spiro atoms. The molecule has 138 valence electrons. The summed E-state index contributed by atoms with van der Waals surface area (Å²) in [6.45, 7) is 4.78. The highest BCUT2D eigenvalue weighted by Crippen LogP contribution is 2.17. The van der Waals surface area contributed by atoms with Crippen molar-refractivity contribution in [3.8, 4) is 0 Å². The summed E-state index contributed by atoms with van der Waals surface area (Å²) in [5.41, 5.74) is 2.67. The van der Waals surface area contributed by atoms with Gasteiger partial charge in [0.1, 0.15) is 0 Å². The summed E-state index contributed by atoms with van der Waals surface area (Å²) in [7, 11) is 1.63. The van der Waals surface area contributed by atoms with Crippen LogP contribution in [0.2, 0.25) is 0 Å². The van der Waals surface area contributed by atoms with Crippen LogP contribution in [0.15, 0.2) is 48.5 Å². The second-order valence-electron chi connectivity index (χ2n) is 6.28. The zero-order valence-electron chi connectivity index (χ0n) is 15.2. The number of amides is 2. The first kappa shape index (κ1) is 19.5. The fourth-order valence-corrected chi connectivity index (χ4v) is 2.19. The molecule has 0 aliphatic heterocycles. The van der Waals surface area contributed by atoms with Gasteiger partial charge in [-0.1, -0.05) is 32.0 Å². The first-order valence-corrected chi connectivity index (χ1v) is 8.41. The maximum Gasteiger partial charge on any atom is 0.411 e. The van der Waals surface area contributed by atoms with Gasteiger partial charge >= 0.3 is 6.09 Å². The van der Waals surface area contributed by atoms with E-state index in [4.69, 9.17) is 9.47 Å². The summed E-state index contributed by atoms with van der Waals surface area (Å²) >= 11 is 0. The van der Waals surface area contributed by atoms with Crippen LogP contribution in [0.25, 0.3) is 0 Å². The predicted octanol–water partition coefficient (Wildman–Crippen LogP) is 4.29. The number of anilines is 2. The van der Waals surface area contributed by atoms with Gasteiger partial charge in [-0.2, -0.15) is 0 Å². The van der Waals surface area contributed by atoms with Crippen molar-refractivity contribution in [2.75, 3.05) is 24.4 Å². The van der Waals surface area contributed by atoms with E-state index in [0.29, 0.717) is 30.2 Å². The first-order chi connectivity index (χ1) is 12.5. The molecule has 2 aromatic carbocycles. The van der Waals surface area contributed by atoms with E-state index in [-0.39, 0.29) is 11.8 Å². The van der Waals surface area contributed by atoms with Crippen LogP contribution in [0, 0.1) is 5.92 Å². The summed E-state index contributed by atoms with van der Waals surface area (Å²) < 4.78 is 10.1. The van der Waals surface area contributed by atoms with Crippen LogP contribution in [0.1, 0.15) is 29.8 Å². The second-order valence-corrected chi connectivity index (χ2v) is 6.28. The molecule has 2 amide bonds. The van der Waals surface area contributed by atoms with E-state index in [2.05, 4.69) is 10.6 Å². The molecular weight excluding hydrogens is 332 g/mol. The van der Waals surface area contributed by atoms with Crippen molar-refractivity contribution in [1.29, 1.82) is 0 Å². The Balaban J connectivity index is 1.96. The number of ether oxygens (including phenoxy) is 2. The Hall–Kier alpha value is -2.86. The van der Waals surface area contributed by atoms with Gasteiger partial charge in [0.15, 0.2) is 0 Å². The zero-order valence-corrected chi connectivity index (χ0v) is 15.2. The minimum Gasteiger partial charge on any atom is -0.449 e. The van der Waals surface area contributed by atoms with Gasteiger partial charge in [-0.3, -0.25) is 10.1 Å². The Morgan fingerprint density at radius 3 is 2.27 bits per heavy atom. The van der Waals surface area contributed by atoms with Crippen molar-refractivity contribution in [3.63, 3.8) is 0 Å². The summed E-state index contributed by atoms with van der Waals surface area (Å²) in [5, 5.41) is 5.46. The molecule has 0 saturated heterocycles. The number of nitrogens with one attached hydrogen (secondary N) is 2. The Morgan fingerprint density at radius 2 is 1.65 bits per heavy atom. The number of methoxy groups -OCH3 is 1. The second kappa shape index (κ2) is 9.58. The highest BCUT2D eigenvalue weighted by atomic mass is 16.5. The third-order valence-corrected chi connectivity index (χ3v) is 3.44. The van der Waals surface area contributed by atoms with Crippen LogP contribution < -0.4 is 10.6 Å². The normalized spacial score (nSPS) is 10.5. The van der Waals surface area contributed by atoms with Crippen LogP contribution in [0.5, 0.6) is 0 Å². The lowest BCUT2D eigenvalue weighted by Crippen LogP contribution is -2.17. The lowest BCUT2D eigenvalue weighted by Gasteiger charge is -2.10. The van der Waals surface area contributed by atoms with E-state index in [1.54, 1.807) is 43.5 Å². The van der Waals surface area contributed by atoms with E-state index < -0.39 is 6.09 Å². The molecule has 0 fully saturated rings. The predicted molar refractivity (Wildman–Crippen MR) is 101 cm³/mol. The van der Waals surface area contributed by atoms with Gasteiger partial charge in [-0.05, 0) is 41.8 Å². The van der Waals surface area contributed by atoms with Crippen LogP contribution in [0.4, 0.5) is 16.2 Å². The van der Waals surface area contributed by atoms with Crippen LogP contribution in [-0.2, 0) is 16.1 Å². The molecule has 0 radical (unpaired) electrons. The van der Waals surface area contributed by atoms with Crippen LogP contribution in [0.3, 0.4) is 0 Å². The topological polar surface area (TPSA) is 76.7 Å². The number of hydrogen-bond donors (Lipinski definition) is 2. The fraction of sp³-hybridized carbons (Fsp3) is 0.300. The molecule has 0 aromatic heterocycles. The minimum absolute atomic E-state index is 0.228. The maximum absolute atomic E-state index is 12.3. The van der Waals surface area contributed by atoms with Gasteiger partial charge in [0.05, 0.1) is 13.2 Å². The molecule has 0 bridgehead atoms. The Bertz CT molecular complexity index is 742. The molecule has 0 saturated carbocycles. The third kappa shape index (κ3) is 6.22. The van der Waals surface area contributed by atoms with Gasteiger partial charge < -0.3 is 14.8 Å². The average Bonchev–Trinajstić information content (AvgIpc) is 2.61. The highest BCUT2D eigenvalue weighted by Gasteiger charge is 2.08. The quantitative estimate of drug-likeness (QED) is 0.776.